The molecule has 3 rings (SSSR count). The normalized spacial score (nSPS) is 16.5. The molecule has 1 aromatic heterocycles. The number of anilines is 1. The number of aliphatic hydroxyl groups excluding tert-OH is 1. The van der Waals surface area contributed by atoms with E-state index in [1.807, 2.05) is 18.2 Å². The Morgan fingerprint density at radius 3 is 2.46 bits per heavy atom. The summed E-state index contributed by atoms with van der Waals surface area (Å²) in [5.74, 6) is 1.54. The van der Waals surface area contributed by atoms with E-state index in [4.69, 9.17) is 11.6 Å². The van der Waals surface area contributed by atoms with Crippen LogP contribution < -0.4 is 10.2 Å². The van der Waals surface area contributed by atoms with Gasteiger partial charge in [0.1, 0.15) is 0 Å². The Kier molecular flexibility index (Phi) is 6.25. The summed E-state index contributed by atoms with van der Waals surface area (Å²) >= 11 is 5.89. The molecule has 0 amide bonds. The largest absolute Gasteiger partial charge is 0.387 e. The van der Waals surface area contributed by atoms with Gasteiger partial charge < -0.3 is 20.2 Å². The molecule has 2 aromatic rings. The van der Waals surface area contributed by atoms with E-state index in [9.17, 15) is 5.11 Å². The minimum Gasteiger partial charge on any atom is -0.387 e. The van der Waals surface area contributed by atoms with Crippen molar-refractivity contribution >= 4 is 23.5 Å². The third-order valence-corrected chi connectivity index (χ3v) is 4.59. The van der Waals surface area contributed by atoms with E-state index in [1.165, 1.54) is 0 Å². The van der Waals surface area contributed by atoms with Crippen LogP contribution in [-0.4, -0.2) is 65.7 Å². The van der Waals surface area contributed by atoms with E-state index >= 15 is 0 Å². The van der Waals surface area contributed by atoms with Crippen LogP contribution in [0.25, 0.3) is 0 Å². The van der Waals surface area contributed by atoms with Crippen molar-refractivity contribution < 1.29 is 5.11 Å². The fourth-order valence-electron chi connectivity index (χ4n) is 2.90. The van der Waals surface area contributed by atoms with Crippen molar-refractivity contribution in [1.29, 1.82) is 0 Å². The fraction of sp³-hybridized carbons (Fsp3) is 0.389. The lowest BCUT2D eigenvalue weighted by Gasteiger charge is -2.36. The first-order valence-electron chi connectivity index (χ1n) is 8.58. The lowest BCUT2D eigenvalue weighted by Crippen LogP contribution is -2.53. The van der Waals surface area contributed by atoms with Gasteiger partial charge in [-0.15, -0.1) is 0 Å². The standard InChI is InChI=1S/C18H23ClN6O/c1-20-17(23-13-16(26)14-3-5-15(19)6-4-14)24-9-11-25(12-10-24)18-21-7-2-8-22-18/h2-8,16,26H,9-13H2,1H3,(H,20,23). The number of nitrogens with zero attached hydrogens (tertiary/aromatic N) is 5. The average Bonchev–Trinajstić information content (AvgIpc) is 2.70. The molecule has 1 saturated heterocycles. The maximum atomic E-state index is 10.3. The monoisotopic (exact) mass is 374 g/mol. The summed E-state index contributed by atoms with van der Waals surface area (Å²) in [4.78, 5) is 17.3. The highest BCUT2D eigenvalue weighted by atomic mass is 35.5. The summed E-state index contributed by atoms with van der Waals surface area (Å²) in [5, 5.41) is 14.2. The van der Waals surface area contributed by atoms with Crippen LogP contribution in [0.5, 0.6) is 0 Å². The first kappa shape index (κ1) is 18.4. The Balaban J connectivity index is 1.51. The van der Waals surface area contributed by atoms with Gasteiger partial charge in [0, 0.05) is 57.2 Å². The van der Waals surface area contributed by atoms with Crippen molar-refractivity contribution in [3.8, 4) is 0 Å². The van der Waals surface area contributed by atoms with Crippen LogP contribution in [0.3, 0.4) is 0 Å². The zero-order chi connectivity index (χ0) is 18.4. The molecule has 0 spiro atoms. The molecular formula is C18H23ClN6O. The number of aliphatic hydroxyl groups is 1. The number of aliphatic imine (C=N–C) groups is 1. The van der Waals surface area contributed by atoms with Gasteiger partial charge in [-0.3, -0.25) is 4.99 Å². The summed E-state index contributed by atoms with van der Waals surface area (Å²) in [6.45, 7) is 3.66. The van der Waals surface area contributed by atoms with E-state index in [0.29, 0.717) is 11.6 Å². The van der Waals surface area contributed by atoms with Crippen molar-refractivity contribution in [3.63, 3.8) is 0 Å². The minimum atomic E-state index is -0.622. The highest BCUT2D eigenvalue weighted by Crippen LogP contribution is 2.16. The van der Waals surface area contributed by atoms with Crippen LogP contribution in [0.2, 0.25) is 5.02 Å². The van der Waals surface area contributed by atoms with Gasteiger partial charge in [0.2, 0.25) is 5.95 Å². The van der Waals surface area contributed by atoms with Gasteiger partial charge in [0.15, 0.2) is 5.96 Å². The molecule has 0 aliphatic carbocycles. The first-order valence-corrected chi connectivity index (χ1v) is 8.96. The molecule has 0 bridgehead atoms. The van der Waals surface area contributed by atoms with Crippen molar-refractivity contribution in [1.82, 2.24) is 20.2 Å². The van der Waals surface area contributed by atoms with Gasteiger partial charge in [0.05, 0.1) is 6.10 Å². The van der Waals surface area contributed by atoms with E-state index in [2.05, 4.69) is 30.1 Å². The molecule has 1 aliphatic rings. The average molecular weight is 375 g/mol. The summed E-state index contributed by atoms with van der Waals surface area (Å²) in [5.41, 5.74) is 0.823. The number of piperazine rings is 1. The van der Waals surface area contributed by atoms with Gasteiger partial charge >= 0.3 is 0 Å². The fourth-order valence-corrected chi connectivity index (χ4v) is 3.02. The second-order valence-electron chi connectivity index (χ2n) is 6.02. The summed E-state index contributed by atoms with van der Waals surface area (Å²) in [6, 6.07) is 9.03. The topological polar surface area (TPSA) is 76.9 Å². The number of hydrogen-bond donors (Lipinski definition) is 2. The highest BCUT2D eigenvalue weighted by molar-refractivity contribution is 6.30. The second-order valence-corrected chi connectivity index (χ2v) is 6.45. The molecule has 138 valence electrons. The molecule has 1 unspecified atom stereocenters. The predicted molar refractivity (Wildman–Crippen MR) is 104 cm³/mol. The van der Waals surface area contributed by atoms with Crippen LogP contribution in [0.15, 0.2) is 47.7 Å². The quantitative estimate of drug-likeness (QED) is 0.624. The molecular weight excluding hydrogens is 352 g/mol. The number of aromatic nitrogens is 2. The van der Waals surface area contributed by atoms with E-state index in [1.54, 1.807) is 31.6 Å². The van der Waals surface area contributed by atoms with Crippen molar-refractivity contribution in [2.24, 2.45) is 4.99 Å². The lowest BCUT2D eigenvalue weighted by atomic mass is 10.1. The van der Waals surface area contributed by atoms with E-state index in [0.717, 1.165) is 43.7 Å². The number of halogens is 1. The van der Waals surface area contributed by atoms with Gasteiger partial charge in [-0.1, -0.05) is 23.7 Å². The number of nitrogens with one attached hydrogen (secondary N) is 1. The van der Waals surface area contributed by atoms with Crippen LogP contribution in [0.4, 0.5) is 5.95 Å². The highest BCUT2D eigenvalue weighted by Gasteiger charge is 2.21. The Morgan fingerprint density at radius 1 is 1.19 bits per heavy atom. The Bertz CT molecular complexity index is 716. The zero-order valence-corrected chi connectivity index (χ0v) is 15.5. The molecule has 2 N–H and O–H groups in total. The molecule has 7 nitrogen and oxygen atoms in total. The maximum absolute atomic E-state index is 10.3. The molecule has 26 heavy (non-hydrogen) atoms. The summed E-state index contributed by atoms with van der Waals surface area (Å²) < 4.78 is 0. The summed E-state index contributed by atoms with van der Waals surface area (Å²) in [6.07, 6.45) is 2.89. The zero-order valence-electron chi connectivity index (χ0n) is 14.7. The van der Waals surface area contributed by atoms with Crippen LogP contribution in [0, 0.1) is 0 Å². The van der Waals surface area contributed by atoms with Crippen molar-refractivity contribution in [2.45, 2.75) is 6.10 Å². The smallest absolute Gasteiger partial charge is 0.225 e. The van der Waals surface area contributed by atoms with Gasteiger partial charge in [-0.2, -0.15) is 0 Å². The van der Waals surface area contributed by atoms with E-state index < -0.39 is 6.10 Å². The maximum Gasteiger partial charge on any atom is 0.225 e. The van der Waals surface area contributed by atoms with Crippen LogP contribution in [0.1, 0.15) is 11.7 Å². The molecule has 0 radical (unpaired) electrons. The third-order valence-electron chi connectivity index (χ3n) is 4.33. The first-order chi connectivity index (χ1) is 12.7. The number of benzene rings is 1. The second kappa shape index (κ2) is 8.82. The van der Waals surface area contributed by atoms with Crippen LogP contribution in [-0.2, 0) is 0 Å². The molecule has 1 aliphatic heterocycles. The van der Waals surface area contributed by atoms with Crippen LogP contribution >= 0.6 is 11.6 Å². The minimum absolute atomic E-state index is 0.385. The summed E-state index contributed by atoms with van der Waals surface area (Å²) in [7, 11) is 1.75. The molecule has 8 heteroatoms. The Labute approximate surface area is 158 Å². The number of rotatable bonds is 4. The van der Waals surface area contributed by atoms with Gasteiger partial charge in [0.25, 0.3) is 0 Å². The number of guanidine groups is 1. The van der Waals surface area contributed by atoms with Crippen molar-refractivity contribution in [2.75, 3.05) is 44.7 Å². The number of hydrogen-bond acceptors (Lipinski definition) is 5. The molecule has 1 atom stereocenters. The third kappa shape index (κ3) is 4.62. The SMILES string of the molecule is CN=C(NCC(O)c1ccc(Cl)cc1)N1CCN(c2ncccn2)CC1. The van der Waals surface area contributed by atoms with E-state index in [-0.39, 0.29) is 0 Å². The van der Waals surface area contributed by atoms with Gasteiger partial charge in [-0.05, 0) is 23.8 Å². The lowest BCUT2D eigenvalue weighted by molar-refractivity contribution is 0.179. The molecule has 1 fully saturated rings. The molecule has 1 aromatic carbocycles. The van der Waals surface area contributed by atoms with Crippen molar-refractivity contribution in [3.05, 3.63) is 53.3 Å². The Hall–Kier alpha value is -2.38. The predicted octanol–water partition coefficient (Wildman–Crippen LogP) is 1.56. The van der Waals surface area contributed by atoms with Gasteiger partial charge in [-0.25, -0.2) is 9.97 Å². The molecule has 2 heterocycles. The molecule has 0 saturated carbocycles. The Morgan fingerprint density at radius 2 is 1.85 bits per heavy atom.